The van der Waals surface area contributed by atoms with Gasteiger partial charge in [0.25, 0.3) is 0 Å². The first-order chi connectivity index (χ1) is 8.66. The molecule has 1 atom stereocenters. The van der Waals surface area contributed by atoms with Crippen molar-refractivity contribution in [3.05, 3.63) is 35.4 Å². The molecule has 1 fully saturated rings. The minimum absolute atomic E-state index is 0.00480. The predicted octanol–water partition coefficient (Wildman–Crippen LogP) is 1.04. The summed E-state index contributed by atoms with van der Waals surface area (Å²) in [6.07, 6.45) is 0.768. The predicted molar refractivity (Wildman–Crippen MR) is 64.2 cm³/mol. The average Bonchev–Trinajstić information content (AvgIpc) is 2.90. The topological polar surface area (TPSA) is 75.6 Å². The van der Waals surface area contributed by atoms with Gasteiger partial charge in [0.05, 0.1) is 18.1 Å². The van der Waals surface area contributed by atoms with E-state index >= 15 is 0 Å². The summed E-state index contributed by atoms with van der Waals surface area (Å²) >= 11 is 0. The van der Waals surface area contributed by atoms with E-state index in [9.17, 15) is 9.59 Å². The zero-order valence-corrected chi connectivity index (χ0v) is 9.89. The molecular formula is C13H15NO4. The van der Waals surface area contributed by atoms with Crippen molar-refractivity contribution in [1.29, 1.82) is 0 Å². The van der Waals surface area contributed by atoms with Crippen LogP contribution in [0.25, 0.3) is 0 Å². The number of hydrogen-bond acceptors (Lipinski definition) is 3. The van der Waals surface area contributed by atoms with Crippen molar-refractivity contribution in [3.63, 3.8) is 0 Å². The molecule has 0 radical (unpaired) electrons. The molecule has 1 heterocycles. The maximum atomic E-state index is 11.7. The molecule has 1 aromatic carbocycles. The van der Waals surface area contributed by atoms with Crippen LogP contribution in [0.2, 0.25) is 0 Å². The molecule has 0 spiro atoms. The lowest BCUT2D eigenvalue weighted by Gasteiger charge is -2.09. The molecule has 1 aromatic rings. The van der Waals surface area contributed by atoms with Gasteiger partial charge in [0.1, 0.15) is 0 Å². The van der Waals surface area contributed by atoms with E-state index in [1.807, 2.05) is 0 Å². The Kier molecular flexibility index (Phi) is 3.94. The van der Waals surface area contributed by atoms with Crippen LogP contribution in [-0.4, -0.2) is 30.2 Å². The molecule has 96 valence electrons. The lowest BCUT2D eigenvalue weighted by molar-refractivity contribution is -0.125. The fraction of sp³-hybridized carbons (Fsp3) is 0.385. The van der Waals surface area contributed by atoms with Crippen molar-refractivity contribution in [2.24, 2.45) is 5.92 Å². The maximum absolute atomic E-state index is 11.7. The van der Waals surface area contributed by atoms with Gasteiger partial charge in [-0.2, -0.15) is 0 Å². The third-order valence-corrected chi connectivity index (χ3v) is 2.97. The summed E-state index contributed by atoms with van der Waals surface area (Å²) in [6.45, 7) is 1.55. The van der Waals surface area contributed by atoms with Gasteiger partial charge in [0.15, 0.2) is 0 Å². The minimum atomic E-state index is -0.950. The number of benzene rings is 1. The Balaban J connectivity index is 1.86. The molecule has 1 amide bonds. The summed E-state index contributed by atoms with van der Waals surface area (Å²) in [5, 5.41) is 11.6. The van der Waals surface area contributed by atoms with E-state index in [0.717, 1.165) is 12.0 Å². The number of amides is 1. The SMILES string of the molecule is O=C(O)c1ccc(CNC(=O)[C@@H]2CCOC2)cc1. The van der Waals surface area contributed by atoms with E-state index < -0.39 is 5.97 Å². The van der Waals surface area contributed by atoms with Crippen LogP contribution >= 0.6 is 0 Å². The fourth-order valence-corrected chi connectivity index (χ4v) is 1.84. The van der Waals surface area contributed by atoms with Crippen LogP contribution in [0.4, 0.5) is 0 Å². The molecule has 1 saturated heterocycles. The molecule has 18 heavy (non-hydrogen) atoms. The van der Waals surface area contributed by atoms with Gasteiger partial charge >= 0.3 is 5.97 Å². The van der Waals surface area contributed by atoms with Gasteiger partial charge < -0.3 is 15.2 Å². The maximum Gasteiger partial charge on any atom is 0.335 e. The highest BCUT2D eigenvalue weighted by Crippen LogP contribution is 2.12. The van der Waals surface area contributed by atoms with Gasteiger partial charge in [-0.15, -0.1) is 0 Å². The van der Waals surface area contributed by atoms with Crippen molar-refractivity contribution >= 4 is 11.9 Å². The van der Waals surface area contributed by atoms with Crippen LogP contribution < -0.4 is 5.32 Å². The Labute approximate surface area is 105 Å². The van der Waals surface area contributed by atoms with Crippen LogP contribution in [0, 0.1) is 5.92 Å². The Morgan fingerprint density at radius 3 is 2.61 bits per heavy atom. The summed E-state index contributed by atoms with van der Waals surface area (Å²) in [4.78, 5) is 22.4. The summed E-state index contributed by atoms with van der Waals surface area (Å²) < 4.78 is 5.15. The molecule has 0 saturated carbocycles. The van der Waals surface area contributed by atoms with Gasteiger partial charge in [0.2, 0.25) is 5.91 Å². The summed E-state index contributed by atoms with van der Waals surface area (Å²) in [6, 6.07) is 6.47. The standard InChI is InChI=1S/C13H15NO4/c15-12(11-5-6-18-8-11)14-7-9-1-3-10(4-2-9)13(16)17/h1-4,11H,5-8H2,(H,14,15)(H,16,17)/t11-/m1/s1. The Morgan fingerprint density at radius 2 is 2.06 bits per heavy atom. The smallest absolute Gasteiger partial charge is 0.335 e. The van der Waals surface area contributed by atoms with Crippen LogP contribution in [0.3, 0.4) is 0 Å². The number of carboxylic acid groups (broad SMARTS) is 1. The van der Waals surface area contributed by atoms with Crippen LogP contribution in [0.5, 0.6) is 0 Å². The first-order valence-corrected chi connectivity index (χ1v) is 5.84. The van der Waals surface area contributed by atoms with E-state index in [-0.39, 0.29) is 17.4 Å². The van der Waals surface area contributed by atoms with Gasteiger partial charge in [0, 0.05) is 13.2 Å². The number of nitrogens with one attached hydrogen (secondary N) is 1. The number of hydrogen-bond donors (Lipinski definition) is 2. The highest BCUT2D eigenvalue weighted by molar-refractivity contribution is 5.87. The Hall–Kier alpha value is -1.88. The molecule has 0 unspecified atom stereocenters. The van der Waals surface area contributed by atoms with Gasteiger partial charge in [-0.1, -0.05) is 12.1 Å². The van der Waals surface area contributed by atoms with Gasteiger partial charge in [-0.3, -0.25) is 4.79 Å². The van der Waals surface area contributed by atoms with Crippen molar-refractivity contribution < 1.29 is 19.4 Å². The van der Waals surface area contributed by atoms with E-state index in [1.165, 1.54) is 12.1 Å². The van der Waals surface area contributed by atoms with Crippen LogP contribution in [0.1, 0.15) is 22.3 Å². The third-order valence-electron chi connectivity index (χ3n) is 2.97. The van der Waals surface area contributed by atoms with E-state index in [4.69, 9.17) is 9.84 Å². The average molecular weight is 249 g/mol. The number of carbonyl (C=O) groups is 2. The molecule has 0 aromatic heterocycles. The number of carbonyl (C=O) groups excluding carboxylic acids is 1. The van der Waals surface area contributed by atoms with Gasteiger partial charge in [-0.05, 0) is 24.1 Å². The fourth-order valence-electron chi connectivity index (χ4n) is 1.84. The summed E-state index contributed by atoms with van der Waals surface area (Å²) in [5.74, 6) is -1.01. The first-order valence-electron chi connectivity index (χ1n) is 5.84. The molecule has 0 aliphatic carbocycles. The van der Waals surface area contributed by atoms with Crippen molar-refractivity contribution in [2.75, 3.05) is 13.2 Å². The Bertz CT molecular complexity index is 435. The summed E-state index contributed by atoms with van der Waals surface area (Å²) in [5.41, 5.74) is 1.13. The minimum Gasteiger partial charge on any atom is -0.478 e. The molecule has 2 rings (SSSR count). The second kappa shape index (κ2) is 5.64. The third kappa shape index (κ3) is 3.07. The molecular weight excluding hydrogens is 234 g/mol. The van der Waals surface area contributed by atoms with Crippen molar-refractivity contribution in [3.8, 4) is 0 Å². The highest BCUT2D eigenvalue weighted by Gasteiger charge is 2.22. The van der Waals surface area contributed by atoms with E-state index in [1.54, 1.807) is 12.1 Å². The highest BCUT2D eigenvalue weighted by atomic mass is 16.5. The zero-order valence-electron chi connectivity index (χ0n) is 9.89. The molecule has 0 bridgehead atoms. The Morgan fingerprint density at radius 1 is 1.33 bits per heavy atom. The molecule has 1 aliphatic heterocycles. The van der Waals surface area contributed by atoms with Crippen LogP contribution in [-0.2, 0) is 16.1 Å². The number of ether oxygens (including phenoxy) is 1. The lowest BCUT2D eigenvalue weighted by Crippen LogP contribution is -2.30. The lowest BCUT2D eigenvalue weighted by atomic mass is 10.1. The van der Waals surface area contributed by atoms with Crippen molar-refractivity contribution in [1.82, 2.24) is 5.32 Å². The second-order valence-corrected chi connectivity index (χ2v) is 4.28. The van der Waals surface area contributed by atoms with Crippen molar-refractivity contribution in [2.45, 2.75) is 13.0 Å². The van der Waals surface area contributed by atoms with Crippen LogP contribution in [0.15, 0.2) is 24.3 Å². The molecule has 5 heteroatoms. The van der Waals surface area contributed by atoms with Gasteiger partial charge in [-0.25, -0.2) is 4.79 Å². The van der Waals surface area contributed by atoms with E-state index in [0.29, 0.717) is 19.8 Å². The van der Waals surface area contributed by atoms with E-state index in [2.05, 4.69) is 5.32 Å². The number of aromatic carboxylic acids is 1. The zero-order chi connectivity index (χ0) is 13.0. The molecule has 2 N–H and O–H groups in total. The molecule has 5 nitrogen and oxygen atoms in total. The first kappa shape index (κ1) is 12.6. The monoisotopic (exact) mass is 249 g/mol. The molecule has 1 aliphatic rings. The number of rotatable bonds is 4. The number of carboxylic acids is 1. The largest absolute Gasteiger partial charge is 0.478 e. The normalized spacial score (nSPS) is 18.6. The summed E-state index contributed by atoms with van der Waals surface area (Å²) in [7, 11) is 0. The quantitative estimate of drug-likeness (QED) is 0.836. The second-order valence-electron chi connectivity index (χ2n) is 4.28.